The molecular weight excluding hydrogens is 540 g/mol. The Kier molecular flexibility index (Phi) is 7.45. The number of carbonyl (C=O) groups excluding carboxylic acids is 2. The van der Waals surface area contributed by atoms with Crippen LogP contribution in [0.15, 0.2) is 71.6 Å². The summed E-state index contributed by atoms with van der Waals surface area (Å²) in [4.78, 5) is 30.8. The predicted molar refractivity (Wildman–Crippen MR) is 147 cm³/mol. The molecule has 0 aliphatic carbocycles. The number of likely N-dealkylation sites (N-methyl/N-ethyl adjacent to an activating group) is 2. The SMILES string of the molecule is COc1ccccc1C1(N(C)[C@@H](C)C(=O)N(C)C)C(=O)N(S(=O)(=O)c2ccc(Cl)cc2)c2ccc(C#N)cc21. The normalized spacial score (nSPS) is 17.5. The van der Waals surface area contributed by atoms with E-state index in [0.717, 1.165) is 4.31 Å². The quantitative estimate of drug-likeness (QED) is 0.429. The maximum Gasteiger partial charge on any atom is 0.271 e. The molecule has 0 saturated carbocycles. The molecule has 9 nitrogen and oxygen atoms in total. The van der Waals surface area contributed by atoms with Crippen LogP contribution in [0.1, 0.15) is 23.6 Å². The number of hydrogen-bond donors (Lipinski definition) is 0. The van der Waals surface area contributed by atoms with Gasteiger partial charge in [0.15, 0.2) is 5.54 Å². The number of sulfonamides is 1. The van der Waals surface area contributed by atoms with E-state index in [1.54, 1.807) is 52.3 Å². The van der Waals surface area contributed by atoms with Crippen LogP contribution >= 0.6 is 11.6 Å². The zero-order valence-corrected chi connectivity index (χ0v) is 23.6. The van der Waals surface area contributed by atoms with Gasteiger partial charge in [-0.15, -0.1) is 0 Å². The molecule has 0 N–H and O–H groups in total. The van der Waals surface area contributed by atoms with Gasteiger partial charge in [-0.2, -0.15) is 5.26 Å². The number of ether oxygens (including phenoxy) is 1. The van der Waals surface area contributed by atoms with E-state index in [0.29, 0.717) is 16.3 Å². The zero-order valence-electron chi connectivity index (χ0n) is 22.0. The Bertz CT molecular complexity index is 1600. The second-order valence-corrected chi connectivity index (χ2v) is 11.5. The summed E-state index contributed by atoms with van der Waals surface area (Å²) in [7, 11) is 1.76. The molecule has 1 aliphatic heterocycles. The molecular formula is C28H27ClN4O5S. The molecule has 11 heteroatoms. The van der Waals surface area contributed by atoms with E-state index in [-0.39, 0.29) is 27.6 Å². The van der Waals surface area contributed by atoms with Crippen LogP contribution in [0, 0.1) is 11.3 Å². The first-order valence-corrected chi connectivity index (χ1v) is 13.7. The van der Waals surface area contributed by atoms with Gasteiger partial charge in [-0.25, -0.2) is 12.7 Å². The standard InChI is InChI=1S/C28H27ClN4O5S/c1-18(26(34)31(2)3)32(4)28(22-8-6-7-9-25(22)38-5)23-16-19(17-30)10-15-24(23)33(27(28)35)39(36,37)21-13-11-20(29)12-14-21/h6-16,18H,1-5H3/t18-,28?/m0/s1. The monoisotopic (exact) mass is 566 g/mol. The molecule has 0 aromatic heterocycles. The van der Waals surface area contributed by atoms with E-state index < -0.39 is 27.5 Å². The number of para-hydroxylation sites is 1. The number of methoxy groups -OCH3 is 1. The number of amides is 2. The highest BCUT2D eigenvalue weighted by atomic mass is 35.5. The van der Waals surface area contributed by atoms with Crippen LogP contribution in [-0.4, -0.2) is 64.3 Å². The van der Waals surface area contributed by atoms with Crippen LogP contribution in [0.4, 0.5) is 5.69 Å². The Labute approximate surface area is 232 Å². The van der Waals surface area contributed by atoms with Gasteiger partial charge in [0, 0.05) is 30.2 Å². The molecule has 4 rings (SSSR count). The lowest BCUT2D eigenvalue weighted by Crippen LogP contribution is -2.59. The van der Waals surface area contributed by atoms with E-state index >= 15 is 0 Å². The number of fused-ring (bicyclic) bond motifs is 1. The van der Waals surface area contributed by atoms with E-state index in [1.165, 1.54) is 59.4 Å². The lowest BCUT2D eigenvalue weighted by atomic mass is 9.80. The molecule has 3 aromatic rings. The first-order chi connectivity index (χ1) is 18.4. The molecule has 0 radical (unpaired) electrons. The highest BCUT2D eigenvalue weighted by molar-refractivity contribution is 7.93. The van der Waals surface area contributed by atoms with Gasteiger partial charge in [-0.1, -0.05) is 29.8 Å². The maximum atomic E-state index is 14.8. The minimum absolute atomic E-state index is 0.0659. The fourth-order valence-corrected chi connectivity index (χ4v) is 6.54. The number of rotatable bonds is 7. The van der Waals surface area contributed by atoms with Gasteiger partial charge in [0.1, 0.15) is 5.75 Å². The molecule has 2 amide bonds. The van der Waals surface area contributed by atoms with Crippen molar-refractivity contribution in [3.8, 4) is 11.8 Å². The molecule has 39 heavy (non-hydrogen) atoms. The predicted octanol–water partition coefficient (Wildman–Crippen LogP) is 3.61. The molecule has 0 fully saturated rings. The summed E-state index contributed by atoms with van der Waals surface area (Å²) in [6.07, 6.45) is 0. The number of hydrogen-bond acceptors (Lipinski definition) is 7. The Morgan fingerprint density at radius 2 is 1.69 bits per heavy atom. The zero-order chi connectivity index (χ0) is 28.7. The number of halogens is 1. The minimum atomic E-state index is -4.45. The minimum Gasteiger partial charge on any atom is -0.496 e. The summed E-state index contributed by atoms with van der Waals surface area (Å²) in [5.74, 6) is -0.842. The summed E-state index contributed by atoms with van der Waals surface area (Å²) in [5.41, 5.74) is -1.01. The van der Waals surface area contributed by atoms with Crippen molar-refractivity contribution in [3.63, 3.8) is 0 Å². The summed E-state index contributed by atoms with van der Waals surface area (Å²) < 4.78 is 34.5. The molecule has 1 aliphatic rings. The number of anilines is 1. The van der Waals surface area contributed by atoms with Crippen molar-refractivity contribution in [2.45, 2.75) is 23.4 Å². The topological polar surface area (TPSA) is 111 Å². The van der Waals surface area contributed by atoms with Crippen LogP contribution in [0.2, 0.25) is 5.02 Å². The van der Waals surface area contributed by atoms with Crippen LogP contribution in [-0.2, 0) is 25.2 Å². The molecule has 202 valence electrons. The molecule has 1 unspecified atom stereocenters. The van der Waals surface area contributed by atoms with Gasteiger partial charge in [-0.05, 0) is 62.5 Å². The van der Waals surface area contributed by atoms with Crippen LogP contribution in [0.25, 0.3) is 0 Å². The Morgan fingerprint density at radius 1 is 1.05 bits per heavy atom. The van der Waals surface area contributed by atoms with Crippen molar-refractivity contribution >= 4 is 39.1 Å². The van der Waals surface area contributed by atoms with Gasteiger partial charge in [-0.3, -0.25) is 14.5 Å². The summed E-state index contributed by atoms with van der Waals surface area (Å²) in [6, 6.07) is 17.8. The number of nitriles is 1. The highest BCUT2D eigenvalue weighted by Crippen LogP contribution is 2.52. The lowest BCUT2D eigenvalue weighted by molar-refractivity contribution is -0.138. The molecule has 0 spiro atoms. The van der Waals surface area contributed by atoms with Gasteiger partial charge < -0.3 is 9.64 Å². The molecule has 1 heterocycles. The third-order valence-electron chi connectivity index (χ3n) is 6.98. The van der Waals surface area contributed by atoms with Crippen molar-refractivity contribution in [3.05, 3.63) is 88.4 Å². The summed E-state index contributed by atoms with van der Waals surface area (Å²) in [6.45, 7) is 1.64. The van der Waals surface area contributed by atoms with Gasteiger partial charge in [0.2, 0.25) is 5.91 Å². The van der Waals surface area contributed by atoms with E-state index in [1.807, 2.05) is 0 Å². The Balaban J connectivity index is 2.12. The van der Waals surface area contributed by atoms with Crippen molar-refractivity contribution in [2.24, 2.45) is 0 Å². The number of nitrogens with zero attached hydrogens (tertiary/aromatic N) is 4. The third kappa shape index (κ3) is 4.33. The lowest BCUT2D eigenvalue weighted by Gasteiger charge is -2.42. The third-order valence-corrected chi connectivity index (χ3v) is 8.95. The smallest absolute Gasteiger partial charge is 0.271 e. The number of benzene rings is 3. The second-order valence-electron chi connectivity index (χ2n) is 9.30. The summed E-state index contributed by atoms with van der Waals surface area (Å²) in [5, 5.41) is 10.1. The van der Waals surface area contributed by atoms with Crippen LogP contribution in [0.3, 0.4) is 0 Å². The summed E-state index contributed by atoms with van der Waals surface area (Å²) >= 11 is 5.99. The highest BCUT2D eigenvalue weighted by Gasteiger charge is 2.60. The molecule has 0 bridgehead atoms. The van der Waals surface area contributed by atoms with Crippen molar-refractivity contribution < 1.29 is 22.7 Å². The average molecular weight is 567 g/mol. The number of carbonyl (C=O) groups is 2. The Morgan fingerprint density at radius 3 is 2.28 bits per heavy atom. The fourth-order valence-electron chi connectivity index (χ4n) is 4.96. The van der Waals surface area contributed by atoms with Crippen LogP contribution in [0.5, 0.6) is 5.75 Å². The van der Waals surface area contributed by atoms with Gasteiger partial charge in [0.05, 0.1) is 35.4 Å². The van der Waals surface area contributed by atoms with E-state index in [9.17, 15) is 23.3 Å². The fraction of sp³-hybridized carbons (Fsp3) is 0.250. The first kappa shape index (κ1) is 28.1. The molecule has 0 saturated heterocycles. The maximum absolute atomic E-state index is 14.8. The second kappa shape index (κ2) is 10.3. The average Bonchev–Trinajstić information content (AvgIpc) is 3.20. The largest absolute Gasteiger partial charge is 0.496 e. The molecule has 3 aromatic carbocycles. The van der Waals surface area contributed by atoms with Crippen molar-refractivity contribution in [1.82, 2.24) is 9.80 Å². The van der Waals surface area contributed by atoms with E-state index in [2.05, 4.69) is 6.07 Å². The first-order valence-electron chi connectivity index (χ1n) is 11.9. The van der Waals surface area contributed by atoms with E-state index in [4.69, 9.17) is 16.3 Å². The molecule has 2 atom stereocenters. The Hall–Kier alpha value is -3.91. The van der Waals surface area contributed by atoms with Crippen molar-refractivity contribution in [2.75, 3.05) is 32.6 Å². The van der Waals surface area contributed by atoms with Gasteiger partial charge >= 0.3 is 0 Å². The van der Waals surface area contributed by atoms with Crippen molar-refractivity contribution in [1.29, 1.82) is 5.26 Å². The van der Waals surface area contributed by atoms with Crippen LogP contribution < -0.4 is 9.04 Å². The van der Waals surface area contributed by atoms with Gasteiger partial charge in [0.25, 0.3) is 15.9 Å².